The minimum Gasteiger partial charge on any atom is -0.490 e. The van der Waals surface area contributed by atoms with Gasteiger partial charge >= 0.3 is 0 Å². The number of fused-ring (bicyclic) bond motifs is 1. The molecule has 0 saturated carbocycles. The van der Waals surface area contributed by atoms with Crippen molar-refractivity contribution in [2.75, 3.05) is 13.7 Å². The quantitative estimate of drug-likeness (QED) is 0.842. The van der Waals surface area contributed by atoms with Crippen LogP contribution in [0, 0.1) is 0 Å². The number of ketones is 1. The Bertz CT molecular complexity index is 594. The van der Waals surface area contributed by atoms with Crippen molar-refractivity contribution in [3.8, 4) is 17.2 Å². The van der Waals surface area contributed by atoms with Crippen LogP contribution < -0.4 is 14.2 Å². The van der Waals surface area contributed by atoms with Crippen molar-refractivity contribution in [1.82, 2.24) is 0 Å². The van der Waals surface area contributed by atoms with E-state index < -0.39 is 5.60 Å². The third-order valence-corrected chi connectivity index (χ3v) is 3.76. The van der Waals surface area contributed by atoms with Crippen LogP contribution in [-0.4, -0.2) is 25.1 Å². The average molecular weight is 306 g/mol. The number of Topliss-reactive ketones (excluding diaryl/α,β-unsaturated/α-hetero) is 1. The third kappa shape index (κ3) is 2.92. The summed E-state index contributed by atoms with van der Waals surface area (Å²) in [4.78, 5) is 12.5. The van der Waals surface area contributed by atoms with Gasteiger partial charge in [-0.05, 0) is 32.3 Å². The molecule has 1 aliphatic rings. The molecule has 0 amide bonds. The first-order valence-electron chi connectivity index (χ1n) is 7.71. The van der Waals surface area contributed by atoms with Gasteiger partial charge in [0.1, 0.15) is 5.60 Å². The number of carbonyl (C=O) groups excluding carboxylic acids is 1. The summed E-state index contributed by atoms with van der Waals surface area (Å²) in [6.07, 6.45) is 0.362. The smallest absolute Gasteiger partial charge is 0.204 e. The number of hydrogen-bond acceptors (Lipinski definition) is 4. The Morgan fingerprint density at radius 1 is 1.27 bits per heavy atom. The Balaban J connectivity index is 2.77. The zero-order chi connectivity index (χ0) is 16.7. The highest BCUT2D eigenvalue weighted by Gasteiger charge is 2.38. The Kier molecular flexibility index (Phi) is 4.16. The molecule has 1 aromatic carbocycles. The predicted molar refractivity (Wildman–Crippen MR) is 86.5 cm³/mol. The lowest BCUT2D eigenvalue weighted by atomic mass is 9.82. The van der Waals surface area contributed by atoms with Gasteiger partial charge in [0.05, 0.1) is 25.7 Å². The molecular formula is C18H26O4. The normalized spacial score (nSPS) is 16.8. The molecule has 4 nitrogen and oxygen atoms in total. The molecule has 0 radical (unpaired) electrons. The van der Waals surface area contributed by atoms with E-state index >= 15 is 0 Å². The Morgan fingerprint density at radius 2 is 1.91 bits per heavy atom. The van der Waals surface area contributed by atoms with Gasteiger partial charge in [-0.15, -0.1) is 0 Å². The summed E-state index contributed by atoms with van der Waals surface area (Å²) in [6, 6.07) is 1.90. The molecule has 0 N–H and O–H groups in total. The number of methoxy groups -OCH3 is 1. The summed E-state index contributed by atoms with van der Waals surface area (Å²) in [5, 5.41) is 0. The fourth-order valence-corrected chi connectivity index (χ4v) is 2.76. The molecule has 0 atom stereocenters. The van der Waals surface area contributed by atoms with E-state index in [2.05, 4.69) is 20.8 Å². The second-order valence-electron chi connectivity index (χ2n) is 7.31. The average Bonchev–Trinajstić information content (AvgIpc) is 2.35. The molecule has 0 aliphatic carbocycles. The predicted octanol–water partition coefficient (Wildman–Crippen LogP) is 4.14. The molecule has 0 unspecified atom stereocenters. The molecule has 2 rings (SSSR count). The molecule has 0 spiro atoms. The summed E-state index contributed by atoms with van der Waals surface area (Å²) in [5.74, 6) is 1.77. The Hall–Kier alpha value is -1.71. The van der Waals surface area contributed by atoms with Gasteiger partial charge in [0.15, 0.2) is 17.3 Å². The standard InChI is InChI=1S/C18H26O4/c1-8-21-15-12(17(2,3)4)9-11-13(19)10-18(5,6)22-14(11)16(15)20-7/h9H,8,10H2,1-7H3. The molecular weight excluding hydrogens is 280 g/mol. The van der Waals surface area contributed by atoms with Crippen molar-refractivity contribution in [2.45, 2.75) is 59.0 Å². The first-order valence-corrected chi connectivity index (χ1v) is 7.71. The molecule has 0 aromatic heterocycles. The van der Waals surface area contributed by atoms with Crippen molar-refractivity contribution >= 4 is 5.78 Å². The maximum atomic E-state index is 12.5. The van der Waals surface area contributed by atoms with E-state index in [1.165, 1.54) is 0 Å². The van der Waals surface area contributed by atoms with Gasteiger partial charge in [0.2, 0.25) is 5.75 Å². The molecule has 22 heavy (non-hydrogen) atoms. The molecule has 1 aliphatic heterocycles. The van der Waals surface area contributed by atoms with E-state index in [4.69, 9.17) is 14.2 Å². The third-order valence-electron chi connectivity index (χ3n) is 3.76. The summed E-state index contributed by atoms with van der Waals surface area (Å²) in [7, 11) is 1.58. The largest absolute Gasteiger partial charge is 0.490 e. The molecule has 1 aromatic rings. The van der Waals surface area contributed by atoms with Crippen LogP contribution in [-0.2, 0) is 5.41 Å². The van der Waals surface area contributed by atoms with Crippen LogP contribution in [0.5, 0.6) is 17.2 Å². The van der Waals surface area contributed by atoms with Crippen LogP contribution in [0.1, 0.15) is 63.9 Å². The van der Waals surface area contributed by atoms with Gasteiger partial charge in [-0.25, -0.2) is 0 Å². The number of benzene rings is 1. The summed E-state index contributed by atoms with van der Waals surface area (Å²) >= 11 is 0. The SMILES string of the molecule is CCOc1c(C(C)(C)C)cc2c(c1OC)OC(C)(C)CC2=O. The maximum Gasteiger partial charge on any atom is 0.204 e. The number of carbonyl (C=O) groups is 1. The number of rotatable bonds is 3. The number of ether oxygens (including phenoxy) is 3. The fourth-order valence-electron chi connectivity index (χ4n) is 2.76. The fraction of sp³-hybridized carbons (Fsp3) is 0.611. The second-order valence-corrected chi connectivity index (χ2v) is 7.31. The Labute approximate surface area is 132 Å². The highest BCUT2D eigenvalue weighted by atomic mass is 16.5. The van der Waals surface area contributed by atoms with Crippen molar-refractivity contribution in [3.05, 3.63) is 17.2 Å². The monoisotopic (exact) mass is 306 g/mol. The van der Waals surface area contributed by atoms with Crippen LogP contribution in [0.25, 0.3) is 0 Å². The van der Waals surface area contributed by atoms with Crippen molar-refractivity contribution < 1.29 is 19.0 Å². The van der Waals surface area contributed by atoms with Gasteiger partial charge in [0.25, 0.3) is 0 Å². The lowest BCUT2D eigenvalue weighted by Crippen LogP contribution is -2.36. The lowest BCUT2D eigenvalue weighted by molar-refractivity contribution is 0.0597. The Morgan fingerprint density at radius 3 is 2.41 bits per heavy atom. The van der Waals surface area contributed by atoms with Gasteiger partial charge < -0.3 is 14.2 Å². The minimum absolute atomic E-state index is 0.0816. The molecule has 0 saturated heterocycles. The van der Waals surface area contributed by atoms with Gasteiger partial charge in [0, 0.05) is 5.56 Å². The molecule has 122 valence electrons. The summed E-state index contributed by atoms with van der Waals surface area (Å²) in [6.45, 7) is 12.5. The van der Waals surface area contributed by atoms with Crippen LogP contribution in [0.4, 0.5) is 0 Å². The topological polar surface area (TPSA) is 44.8 Å². The van der Waals surface area contributed by atoms with Crippen LogP contribution in [0.2, 0.25) is 0 Å². The van der Waals surface area contributed by atoms with Gasteiger partial charge in [-0.3, -0.25) is 4.79 Å². The summed E-state index contributed by atoms with van der Waals surface area (Å²) in [5.41, 5.74) is 0.843. The lowest BCUT2D eigenvalue weighted by Gasteiger charge is -2.35. The molecule has 1 heterocycles. The van der Waals surface area contributed by atoms with Gasteiger partial charge in [-0.1, -0.05) is 20.8 Å². The van der Waals surface area contributed by atoms with E-state index in [-0.39, 0.29) is 11.2 Å². The zero-order valence-corrected chi connectivity index (χ0v) is 14.6. The van der Waals surface area contributed by atoms with Gasteiger partial charge in [-0.2, -0.15) is 0 Å². The second kappa shape index (κ2) is 5.49. The summed E-state index contributed by atoms with van der Waals surface area (Å²) < 4.78 is 17.5. The van der Waals surface area contributed by atoms with E-state index in [1.54, 1.807) is 7.11 Å². The van der Waals surface area contributed by atoms with Crippen LogP contribution in [0.15, 0.2) is 6.07 Å². The molecule has 4 heteroatoms. The molecule has 0 fully saturated rings. The van der Waals surface area contributed by atoms with Crippen molar-refractivity contribution in [1.29, 1.82) is 0 Å². The first kappa shape index (κ1) is 16.7. The van der Waals surface area contributed by atoms with E-state index in [9.17, 15) is 4.79 Å². The van der Waals surface area contributed by atoms with Crippen molar-refractivity contribution in [3.63, 3.8) is 0 Å². The van der Waals surface area contributed by atoms with Crippen LogP contribution >= 0.6 is 0 Å². The van der Waals surface area contributed by atoms with Crippen molar-refractivity contribution in [2.24, 2.45) is 0 Å². The zero-order valence-electron chi connectivity index (χ0n) is 14.6. The van der Waals surface area contributed by atoms with Crippen LogP contribution in [0.3, 0.4) is 0 Å². The first-order chi connectivity index (χ1) is 10.1. The molecule has 0 bridgehead atoms. The van der Waals surface area contributed by atoms with E-state index in [0.717, 1.165) is 5.56 Å². The number of hydrogen-bond donors (Lipinski definition) is 0. The van der Waals surface area contributed by atoms with E-state index in [0.29, 0.717) is 35.8 Å². The van der Waals surface area contributed by atoms with E-state index in [1.807, 2.05) is 26.8 Å². The maximum absolute atomic E-state index is 12.5. The highest BCUT2D eigenvalue weighted by molar-refractivity contribution is 6.02. The highest BCUT2D eigenvalue weighted by Crippen LogP contribution is 2.50. The minimum atomic E-state index is -0.538.